The second-order valence-electron chi connectivity index (χ2n) is 4.15. The Morgan fingerprint density at radius 2 is 1.75 bits per heavy atom. The molecule has 0 bridgehead atoms. The molecule has 0 heterocycles. The van der Waals surface area contributed by atoms with Crippen LogP contribution in [0.3, 0.4) is 0 Å². The van der Waals surface area contributed by atoms with Crippen LogP contribution in [0, 0.1) is 6.92 Å². The molecule has 0 amide bonds. The monoisotopic (exact) mass is 356 g/mol. The lowest BCUT2D eigenvalue weighted by molar-refractivity contribution is 0.411. The molecule has 4 nitrogen and oxygen atoms in total. The minimum Gasteiger partial charge on any atom is -0.497 e. The quantitative estimate of drug-likeness (QED) is 0.786. The predicted octanol–water partition coefficient (Wildman–Crippen LogP) is 3.53. The van der Waals surface area contributed by atoms with Gasteiger partial charge in [-0.2, -0.15) is 8.42 Å². The summed E-state index contributed by atoms with van der Waals surface area (Å²) >= 11 is 3.24. The highest BCUT2D eigenvalue weighted by Gasteiger charge is 2.20. The van der Waals surface area contributed by atoms with Crippen molar-refractivity contribution in [3.8, 4) is 11.5 Å². The average molecular weight is 357 g/mol. The van der Waals surface area contributed by atoms with Crippen LogP contribution in [0.4, 0.5) is 0 Å². The van der Waals surface area contributed by atoms with Gasteiger partial charge in [-0.3, -0.25) is 0 Å². The summed E-state index contributed by atoms with van der Waals surface area (Å²) in [6, 6.07) is 11.4. The van der Waals surface area contributed by atoms with E-state index in [1.807, 2.05) is 6.92 Å². The first-order valence-electron chi connectivity index (χ1n) is 5.77. The Labute approximate surface area is 126 Å². The maximum Gasteiger partial charge on any atom is 0.340 e. The van der Waals surface area contributed by atoms with Crippen molar-refractivity contribution in [1.29, 1.82) is 0 Å². The van der Waals surface area contributed by atoms with Crippen LogP contribution in [0.15, 0.2) is 51.8 Å². The first-order valence-corrected chi connectivity index (χ1v) is 7.97. The third kappa shape index (κ3) is 3.32. The van der Waals surface area contributed by atoms with E-state index in [-0.39, 0.29) is 10.6 Å². The lowest BCUT2D eigenvalue weighted by Crippen LogP contribution is -2.10. The summed E-state index contributed by atoms with van der Waals surface area (Å²) in [5, 5.41) is 0. The van der Waals surface area contributed by atoms with Gasteiger partial charge in [0.2, 0.25) is 0 Å². The van der Waals surface area contributed by atoms with Gasteiger partial charge in [0.15, 0.2) is 0 Å². The van der Waals surface area contributed by atoms with Crippen LogP contribution in [0.2, 0.25) is 0 Å². The van der Waals surface area contributed by atoms with Crippen LogP contribution < -0.4 is 8.92 Å². The highest BCUT2D eigenvalue weighted by molar-refractivity contribution is 9.10. The molecule has 0 atom stereocenters. The number of methoxy groups -OCH3 is 1. The number of halogens is 1. The summed E-state index contributed by atoms with van der Waals surface area (Å²) in [5.41, 5.74) is 0.956. The van der Waals surface area contributed by atoms with Gasteiger partial charge in [0, 0.05) is 10.5 Å². The molecule has 2 aromatic carbocycles. The summed E-state index contributed by atoms with van der Waals surface area (Å²) in [4.78, 5) is 0.0888. The minimum absolute atomic E-state index is 0.0888. The molecule has 2 aromatic rings. The molecule has 0 aromatic heterocycles. The van der Waals surface area contributed by atoms with Crippen LogP contribution in [0.25, 0.3) is 0 Å². The maximum absolute atomic E-state index is 12.2. The third-order valence-corrected chi connectivity index (χ3v) is 4.83. The first-order chi connectivity index (χ1) is 9.42. The van der Waals surface area contributed by atoms with Gasteiger partial charge in [-0.1, -0.05) is 12.1 Å². The van der Waals surface area contributed by atoms with Crippen LogP contribution >= 0.6 is 15.9 Å². The van der Waals surface area contributed by atoms with Gasteiger partial charge < -0.3 is 8.92 Å². The topological polar surface area (TPSA) is 52.6 Å². The van der Waals surface area contributed by atoms with Crippen molar-refractivity contribution >= 4 is 26.0 Å². The normalized spacial score (nSPS) is 11.2. The zero-order valence-electron chi connectivity index (χ0n) is 11.0. The van der Waals surface area contributed by atoms with Crippen LogP contribution in [-0.4, -0.2) is 15.5 Å². The molecule has 0 unspecified atom stereocenters. The van der Waals surface area contributed by atoms with E-state index >= 15 is 0 Å². The summed E-state index contributed by atoms with van der Waals surface area (Å²) in [5.74, 6) is 0.734. The first kappa shape index (κ1) is 14.9. The number of rotatable bonds is 4. The SMILES string of the molecule is COc1cccc(OS(=O)(=O)c2ccc(C)cc2Br)c1. The molecule has 0 aliphatic heterocycles. The Bertz CT molecular complexity index is 726. The zero-order valence-corrected chi connectivity index (χ0v) is 13.4. The lowest BCUT2D eigenvalue weighted by Gasteiger charge is -2.10. The van der Waals surface area contributed by atoms with E-state index in [1.54, 1.807) is 30.3 Å². The molecule has 0 aliphatic carbocycles. The standard InChI is InChI=1S/C14H13BrO4S/c1-10-6-7-14(13(15)8-10)20(16,17)19-12-5-3-4-11(9-12)18-2/h3-9H,1-2H3. The number of hydrogen-bond donors (Lipinski definition) is 0. The van der Waals surface area contributed by atoms with Gasteiger partial charge in [0.1, 0.15) is 16.4 Å². The molecule has 6 heteroatoms. The summed E-state index contributed by atoms with van der Waals surface area (Å²) in [6.45, 7) is 1.88. The summed E-state index contributed by atoms with van der Waals surface area (Å²) < 4.78 is 35.1. The Morgan fingerprint density at radius 1 is 1.05 bits per heavy atom. The number of benzene rings is 2. The van der Waals surface area contributed by atoms with Crippen molar-refractivity contribution in [3.05, 3.63) is 52.5 Å². The van der Waals surface area contributed by atoms with E-state index in [2.05, 4.69) is 15.9 Å². The molecule has 0 radical (unpaired) electrons. The smallest absolute Gasteiger partial charge is 0.340 e. The highest BCUT2D eigenvalue weighted by atomic mass is 79.9. The molecule has 2 rings (SSSR count). The highest BCUT2D eigenvalue weighted by Crippen LogP contribution is 2.27. The Balaban J connectivity index is 2.35. The molecular formula is C14H13BrO4S. The molecule has 106 valence electrons. The van der Waals surface area contributed by atoms with Crippen molar-refractivity contribution < 1.29 is 17.3 Å². The third-order valence-electron chi connectivity index (χ3n) is 2.60. The fourth-order valence-electron chi connectivity index (χ4n) is 1.63. The summed E-state index contributed by atoms with van der Waals surface area (Å²) in [7, 11) is -2.38. The van der Waals surface area contributed by atoms with Gasteiger partial charge in [0.05, 0.1) is 7.11 Å². The zero-order chi connectivity index (χ0) is 14.8. The molecule has 0 fully saturated rings. The second-order valence-corrected chi connectivity index (χ2v) is 6.52. The Kier molecular flexibility index (Phi) is 4.35. The van der Waals surface area contributed by atoms with Crippen molar-refractivity contribution in [1.82, 2.24) is 0 Å². The molecule has 0 spiro atoms. The maximum atomic E-state index is 12.2. The van der Waals surface area contributed by atoms with Gasteiger partial charge in [-0.05, 0) is 52.7 Å². The molecule has 0 aliphatic rings. The van der Waals surface area contributed by atoms with Gasteiger partial charge in [-0.25, -0.2) is 0 Å². The van der Waals surface area contributed by atoms with Gasteiger partial charge in [-0.15, -0.1) is 0 Å². The van der Waals surface area contributed by atoms with Crippen LogP contribution in [-0.2, 0) is 10.1 Å². The fraction of sp³-hybridized carbons (Fsp3) is 0.143. The van der Waals surface area contributed by atoms with Crippen LogP contribution in [0.5, 0.6) is 11.5 Å². The van der Waals surface area contributed by atoms with Gasteiger partial charge >= 0.3 is 10.1 Å². The molecule has 0 saturated heterocycles. The van der Waals surface area contributed by atoms with E-state index in [9.17, 15) is 8.42 Å². The largest absolute Gasteiger partial charge is 0.497 e. The van der Waals surface area contributed by atoms with Crippen molar-refractivity contribution in [2.45, 2.75) is 11.8 Å². The van der Waals surface area contributed by atoms with Crippen molar-refractivity contribution in [2.24, 2.45) is 0 Å². The van der Waals surface area contributed by atoms with E-state index in [0.717, 1.165) is 5.56 Å². The van der Waals surface area contributed by atoms with E-state index in [4.69, 9.17) is 8.92 Å². The molecule has 0 N–H and O–H groups in total. The number of ether oxygens (including phenoxy) is 1. The Morgan fingerprint density at radius 3 is 2.40 bits per heavy atom. The van der Waals surface area contributed by atoms with Crippen molar-refractivity contribution in [3.63, 3.8) is 0 Å². The predicted molar refractivity (Wildman–Crippen MR) is 79.7 cm³/mol. The minimum atomic E-state index is -3.89. The molecule has 0 saturated carbocycles. The molecule has 20 heavy (non-hydrogen) atoms. The van der Waals surface area contributed by atoms with E-state index < -0.39 is 10.1 Å². The fourth-order valence-corrected chi connectivity index (χ4v) is 3.70. The van der Waals surface area contributed by atoms with E-state index in [0.29, 0.717) is 10.2 Å². The van der Waals surface area contributed by atoms with Crippen LogP contribution in [0.1, 0.15) is 5.56 Å². The second kappa shape index (κ2) is 5.85. The number of aryl methyl sites for hydroxylation is 1. The molecular weight excluding hydrogens is 344 g/mol. The number of hydrogen-bond acceptors (Lipinski definition) is 4. The van der Waals surface area contributed by atoms with E-state index in [1.165, 1.54) is 19.2 Å². The Hall–Kier alpha value is -1.53. The van der Waals surface area contributed by atoms with Gasteiger partial charge in [0.25, 0.3) is 0 Å². The van der Waals surface area contributed by atoms with Crippen molar-refractivity contribution in [2.75, 3.05) is 7.11 Å². The average Bonchev–Trinajstić information content (AvgIpc) is 2.37. The summed E-state index contributed by atoms with van der Waals surface area (Å²) in [6.07, 6.45) is 0. The lowest BCUT2D eigenvalue weighted by atomic mass is 10.2.